The summed E-state index contributed by atoms with van der Waals surface area (Å²) in [6, 6.07) is 0. The van der Waals surface area contributed by atoms with Crippen molar-refractivity contribution in [3.8, 4) is 0 Å². The Hall–Kier alpha value is 1.21. The third kappa shape index (κ3) is 10.8. The predicted octanol–water partition coefficient (Wildman–Crippen LogP) is -7.44. The molecule has 11 heteroatoms. The number of hydroxylamine groups is 2. The van der Waals surface area contributed by atoms with Gasteiger partial charge in [0.25, 0.3) is 0 Å². The summed E-state index contributed by atoms with van der Waals surface area (Å²) in [5, 5.41) is 18.0. The van der Waals surface area contributed by atoms with E-state index in [1.54, 1.807) is 0 Å². The van der Waals surface area contributed by atoms with Gasteiger partial charge in [-0.1, -0.05) is 0 Å². The Morgan fingerprint density at radius 3 is 2.18 bits per heavy atom. The smallest absolute Gasteiger partial charge is 1.00 e. The van der Waals surface area contributed by atoms with Crippen molar-refractivity contribution in [3.05, 3.63) is 0 Å². The van der Waals surface area contributed by atoms with Gasteiger partial charge in [0.05, 0.1) is 6.16 Å². The first-order valence-electron chi connectivity index (χ1n) is 3.79. The Labute approximate surface area is 145 Å². The molecule has 0 aliphatic rings. The fourth-order valence-electron chi connectivity index (χ4n) is 0.844. The van der Waals surface area contributed by atoms with Gasteiger partial charge in [0, 0.05) is 0 Å². The van der Waals surface area contributed by atoms with Gasteiger partial charge < -0.3 is 17.7 Å². The molecule has 0 bridgehead atoms. The second kappa shape index (κ2) is 9.17. The summed E-state index contributed by atoms with van der Waals surface area (Å²) >= 11 is 0. The second-order valence-corrected chi connectivity index (χ2v) is 4.87. The number of hydrogen-bond acceptors (Lipinski definition) is 5. The van der Waals surface area contributed by atoms with E-state index in [4.69, 9.17) is 15.0 Å². The summed E-state index contributed by atoms with van der Waals surface area (Å²) in [4.78, 5) is 38.2. The molecule has 0 spiro atoms. The van der Waals surface area contributed by atoms with Crippen LogP contribution in [0, 0.1) is 0 Å². The maximum Gasteiger partial charge on any atom is 1.00 e. The van der Waals surface area contributed by atoms with Crippen molar-refractivity contribution in [2.45, 2.75) is 12.5 Å². The van der Waals surface area contributed by atoms with Gasteiger partial charge in [-0.3, -0.25) is 19.4 Å². The minimum absolute atomic E-state index is 0. The van der Waals surface area contributed by atoms with Crippen molar-refractivity contribution < 1.29 is 96.2 Å². The molecule has 0 heterocycles. The Kier molecular flexibility index (Phi) is 12.6. The van der Waals surface area contributed by atoms with Crippen molar-refractivity contribution in [1.82, 2.24) is 5.06 Å². The normalized spacial score (nSPS) is 13.7. The molecule has 0 saturated carbocycles. The number of ketones is 1. The molecule has 1 unspecified atom stereocenters. The molecule has 1 atom stereocenters. The summed E-state index contributed by atoms with van der Waals surface area (Å²) in [7, 11) is -4.55. The monoisotopic (exact) mass is 289 g/mol. The topological polar surface area (TPSA) is 135 Å². The number of carbonyl (C=O) groups is 2. The van der Waals surface area contributed by atoms with E-state index >= 15 is 0 Å². The maximum absolute atomic E-state index is 11.2. The molecule has 0 aromatic rings. The SMILES string of the molecule is CC(O)(CP(=O)(O)O)C(=O)CN(O)C=O.[H-].[H-].[Na+].[Na+]. The Morgan fingerprint density at radius 1 is 1.47 bits per heavy atom. The van der Waals surface area contributed by atoms with E-state index in [0.717, 1.165) is 6.92 Å². The number of hydrogen-bond donors (Lipinski definition) is 4. The van der Waals surface area contributed by atoms with Crippen LogP contribution in [0.3, 0.4) is 0 Å². The molecule has 0 aliphatic carbocycles. The van der Waals surface area contributed by atoms with Crippen LogP contribution in [-0.2, 0) is 14.2 Å². The van der Waals surface area contributed by atoms with Gasteiger partial charge in [0.15, 0.2) is 5.78 Å². The number of rotatable bonds is 6. The minimum Gasteiger partial charge on any atom is -1.00 e. The van der Waals surface area contributed by atoms with Crippen LogP contribution in [0.15, 0.2) is 0 Å². The van der Waals surface area contributed by atoms with E-state index in [2.05, 4.69) is 0 Å². The standard InChI is InChI=1S/C6H12NO7P.2Na.2H/c1-6(10,3-15(12,13)14)5(9)2-7(11)4-8;;;;/h4,10-11H,2-3H2,1H3,(H2,12,13,14);;;;/q;2*+1;2*-1. The average molecular weight is 289 g/mol. The molecule has 8 nitrogen and oxygen atoms in total. The van der Waals surface area contributed by atoms with E-state index in [1.165, 1.54) is 0 Å². The van der Waals surface area contributed by atoms with Gasteiger partial charge in [0.2, 0.25) is 6.41 Å². The molecule has 92 valence electrons. The van der Waals surface area contributed by atoms with E-state index in [-0.39, 0.29) is 73.4 Å². The third-order valence-corrected chi connectivity index (χ3v) is 2.57. The van der Waals surface area contributed by atoms with Crippen LogP contribution in [0.1, 0.15) is 9.78 Å². The van der Waals surface area contributed by atoms with Gasteiger partial charge in [-0.05, 0) is 6.92 Å². The number of aliphatic hydroxyl groups is 1. The predicted molar refractivity (Wildman–Crippen MR) is 49.3 cm³/mol. The molecule has 17 heavy (non-hydrogen) atoms. The molecule has 0 radical (unpaired) electrons. The van der Waals surface area contributed by atoms with Gasteiger partial charge in [-0.15, -0.1) is 0 Å². The molecule has 1 amide bonds. The molecule has 4 N–H and O–H groups in total. The average Bonchev–Trinajstić information content (AvgIpc) is 1.99. The van der Waals surface area contributed by atoms with Gasteiger partial charge in [-0.2, -0.15) is 0 Å². The molecule has 0 rings (SSSR count). The largest absolute Gasteiger partial charge is 1.00 e. The molecule has 0 aromatic carbocycles. The molecular weight excluding hydrogens is 275 g/mol. The van der Waals surface area contributed by atoms with E-state index in [0.29, 0.717) is 0 Å². The zero-order chi connectivity index (χ0) is 12.3. The summed E-state index contributed by atoms with van der Waals surface area (Å²) in [5.74, 6) is -1.07. The van der Waals surface area contributed by atoms with Gasteiger partial charge >= 0.3 is 66.7 Å². The maximum atomic E-state index is 11.2. The van der Waals surface area contributed by atoms with Gasteiger partial charge in [0.1, 0.15) is 12.1 Å². The summed E-state index contributed by atoms with van der Waals surface area (Å²) in [6.45, 7) is 0.0591. The number of nitrogens with zero attached hydrogens (tertiary/aromatic N) is 1. The number of Topliss-reactive ketones (excluding diaryl/α,β-unsaturated/α-hetero) is 1. The van der Waals surface area contributed by atoms with Crippen LogP contribution in [0.5, 0.6) is 0 Å². The first kappa shape index (κ1) is 23.3. The zero-order valence-electron chi connectivity index (χ0n) is 11.9. The molecular formula is C6H14NNa2O7P. The first-order chi connectivity index (χ1) is 6.58. The fraction of sp³-hybridized carbons (Fsp3) is 0.667. The Balaban J connectivity index is -0.000000163. The van der Waals surface area contributed by atoms with E-state index < -0.39 is 31.7 Å². The third-order valence-electron chi connectivity index (χ3n) is 1.54. The van der Waals surface area contributed by atoms with Crippen LogP contribution >= 0.6 is 7.60 Å². The zero-order valence-corrected chi connectivity index (χ0v) is 14.8. The van der Waals surface area contributed by atoms with Crippen molar-refractivity contribution in [2.75, 3.05) is 12.7 Å². The number of amides is 1. The first-order valence-corrected chi connectivity index (χ1v) is 5.59. The van der Waals surface area contributed by atoms with E-state index in [1.807, 2.05) is 0 Å². The van der Waals surface area contributed by atoms with Crippen molar-refractivity contribution >= 4 is 19.8 Å². The van der Waals surface area contributed by atoms with Crippen LogP contribution in [0.4, 0.5) is 0 Å². The Morgan fingerprint density at radius 2 is 1.88 bits per heavy atom. The summed E-state index contributed by atoms with van der Waals surface area (Å²) < 4.78 is 10.5. The van der Waals surface area contributed by atoms with Crippen molar-refractivity contribution in [2.24, 2.45) is 0 Å². The molecule has 0 saturated heterocycles. The number of carbonyl (C=O) groups excluding carboxylic acids is 2. The molecule has 0 fully saturated rings. The molecule has 0 aliphatic heterocycles. The molecule has 0 aromatic heterocycles. The van der Waals surface area contributed by atoms with E-state index in [9.17, 15) is 19.3 Å². The van der Waals surface area contributed by atoms with Crippen LogP contribution < -0.4 is 59.1 Å². The van der Waals surface area contributed by atoms with Gasteiger partial charge in [-0.25, -0.2) is 5.06 Å². The van der Waals surface area contributed by atoms with Crippen molar-refractivity contribution in [3.63, 3.8) is 0 Å². The summed E-state index contributed by atoms with van der Waals surface area (Å²) in [5.41, 5.74) is -2.29. The minimum atomic E-state index is -4.55. The Bertz CT molecular complexity index is 314. The van der Waals surface area contributed by atoms with Crippen molar-refractivity contribution in [1.29, 1.82) is 0 Å². The quantitative estimate of drug-likeness (QED) is 0.125. The van der Waals surface area contributed by atoms with Crippen LogP contribution in [-0.4, -0.2) is 55.7 Å². The van der Waals surface area contributed by atoms with Crippen LogP contribution in [0.2, 0.25) is 0 Å². The summed E-state index contributed by atoms with van der Waals surface area (Å²) in [6.07, 6.45) is -1.13. The fourth-order valence-corrected chi connectivity index (χ4v) is 1.82. The van der Waals surface area contributed by atoms with Crippen LogP contribution in [0.25, 0.3) is 0 Å². The second-order valence-electron chi connectivity index (χ2n) is 3.22.